The van der Waals surface area contributed by atoms with Gasteiger partial charge in [-0.1, -0.05) is 72.8 Å². The van der Waals surface area contributed by atoms with E-state index in [-0.39, 0.29) is 16.1 Å². The summed E-state index contributed by atoms with van der Waals surface area (Å²) in [6.45, 7) is 1.61. The summed E-state index contributed by atoms with van der Waals surface area (Å²) in [5.41, 5.74) is 0.982. The summed E-state index contributed by atoms with van der Waals surface area (Å²) in [5.74, 6) is -0.725. The molecule has 0 saturated carbocycles. The van der Waals surface area contributed by atoms with Gasteiger partial charge in [-0.15, -0.1) is 0 Å². The minimum absolute atomic E-state index is 0.0243. The molecule has 4 rings (SSSR count). The highest BCUT2D eigenvalue weighted by atomic mass is 32.2. The standard InChI is InChI=1S/C28H23F3N2O3S/c1-19-15-16-24(18-25(19)27(34)32-23-14-8-13-22(17-23)28(29,30)31)37(35,36)33-26(20-9-4-2-5-10-20)21-11-6-3-7-12-21/h2-18,26,33H,1H3,(H,32,34). The summed E-state index contributed by atoms with van der Waals surface area (Å²) < 4.78 is 68.7. The number of hydrogen-bond donors (Lipinski definition) is 2. The number of sulfonamides is 1. The quantitative estimate of drug-likeness (QED) is 0.297. The van der Waals surface area contributed by atoms with Gasteiger partial charge in [-0.25, -0.2) is 8.42 Å². The maximum atomic E-state index is 13.4. The summed E-state index contributed by atoms with van der Waals surface area (Å²) in [7, 11) is -4.11. The Morgan fingerprint density at radius 1 is 0.784 bits per heavy atom. The first kappa shape index (κ1) is 26.1. The number of halogens is 3. The van der Waals surface area contributed by atoms with Crippen molar-refractivity contribution in [2.75, 3.05) is 5.32 Å². The average molecular weight is 525 g/mol. The predicted molar refractivity (Wildman–Crippen MR) is 136 cm³/mol. The van der Waals surface area contributed by atoms with Crippen molar-refractivity contribution in [2.24, 2.45) is 0 Å². The Kier molecular flexibility index (Phi) is 7.47. The van der Waals surface area contributed by atoms with Gasteiger partial charge in [-0.3, -0.25) is 4.79 Å². The monoisotopic (exact) mass is 524 g/mol. The van der Waals surface area contributed by atoms with Crippen LogP contribution in [-0.4, -0.2) is 14.3 Å². The highest BCUT2D eigenvalue weighted by Crippen LogP contribution is 2.31. The van der Waals surface area contributed by atoms with Crippen molar-refractivity contribution in [1.82, 2.24) is 4.72 Å². The Hall–Kier alpha value is -3.95. The summed E-state index contributed by atoms with van der Waals surface area (Å²) >= 11 is 0. The molecule has 4 aromatic carbocycles. The molecule has 0 heterocycles. The molecular weight excluding hydrogens is 501 g/mol. The van der Waals surface area contributed by atoms with E-state index in [1.54, 1.807) is 6.92 Å². The first-order chi connectivity index (χ1) is 17.5. The molecule has 9 heteroatoms. The van der Waals surface area contributed by atoms with Gasteiger partial charge in [0.2, 0.25) is 10.0 Å². The van der Waals surface area contributed by atoms with E-state index in [1.807, 2.05) is 60.7 Å². The number of anilines is 1. The van der Waals surface area contributed by atoms with Crippen molar-refractivity contribution >= 4 is 21.6 Å². The van der Waals surface area contributed by atoms with Gasteiger partial charge in [0.15, 0.2) is 0 Å². The van der Waals surface area contributed by atoms with E-state index in [0.29, 0.717) is 5.56 Å². The van der Waals surface area contributed by atoms with Crippen molar-refractivity contribution in [3.63, 3.8) is 0 Å². The van der Waals surface area contributed by atoms with Crippen LogP contribution < -0.4 is 10.0 Å². The number of carbonyl (C=O) groups is 1. The van der Waals surface area contributed by atoms with Crippen molar-refractivity contribution in [2.45, 2.75) is 24.0 Å². The third-order valence-corrected chi connectivity index (χ3v) is 7.17. The Balaban J connectivity index is 1.64. The first-order valence-corrected chi connectivity index (χ1v) is 12.7. The minimum Gasteiger partial charge on any atom is -0.322 e. The number of benzene rings is 4. The fourth-order valence-electron chi connectivity index (χ4n) is 3.83. The molecule has 0 bridgehead atoms. The van der Waals surface area contributed by atoms with E-state index in [4.69, 9.17) is 0 Å². The van der Waals surface area contributed by atoms with Gasteiger partial charge in [0.25, 0.3) is 5.91 Å². The van der Waals surface area contributed by atoms with E-state index in [9.17, 15) is 26.4 Å². The van der Waals surface area contributed by atoms with Gasteiger partial charge in [0, 0.05) is 11.3 Å². The first-order valence-electron chi connectivity index (χ1n) is 11.3. The SMILES string of the molecule is Cc1ccc(S(=O)(=O)NC(c2ccccc2)c2ccccc2)cc1C(=O)Nc1cccc(C(F)(F)F)c1. The van der Waals surface area contributed by atoms with E-state index in [1.165, 1.54) is 30.3 Å². The number of amides is 1. The molecule has 1 amide bonds. The lowest BCUT2D eigenvalue weighted by atomic mass is 10.00. The van der Waals surface area contributed by atoms with Crippen LogP contribution >= 0.6 is 0 Å². The van der Waals surface area contributed by atoms with E-state index < -0.39 is 33.7 Å². The lowest BCUT2D eigenvalue weighted by Gasteiger charge is -2.20. The Morgan fingerprint density at radius 3 is 1.95 bits per heavy atom. The lowest BCUT2D eigenvalue weighted by molar-refractivity contribution is -0.137. The van der Waals surface area contributed by atoms with E-state index in [0.717, 1.165) is 23.3 Å². The van der Waals surface area contributed by atoms with Crippen LogP contribution in [0.4, 0.5) is 18.9 Å². The van der Waals surface area contributed by atoms with Crippen LogP contribution in [0, 0.1) is 6.92 Å². The molecule has 190 valence electrons. The van der Waals surface area contributed by atoms with Crippen LogP contribution in [0.15, 0.2) is 108 Å². The number of nitrogens with one attached hydrogen (secondary N) is 2. The zero-order valence-electron chi connectivity index (χ0n) is 19.7. The Morgan fingerprint density at radius 2 is 1.38 bits per heavy atom. The van der Waals surface area contributed by atoms with Gasteiger partial charge in [-0.05, 0) is 53.9 Å². The number of rotatable bonds is 7. The van der Waals surface area contributed by atoms with Crippen LogP contribution in [-0.2, 0) is 16.2 Å². The molecule has 37 heavy (non-hydrogen) atoms. The maximum absolute atomic E-state index is 13.4. The molecule has 0 aromatic heterocycles. The third-order valence-electron chi connectivity index (χ3n) is 5.75. The maximum Gasteiger partial charge on any atom is 0.416 e. The largest absolute Gasteiger partial charge is 0.416 e. The van der Waals surface area contributed by atoms with Crippen molar-refractivity contribution in [1.29, 1.82) is 0 Å². The van der Waals surface area contributed by atoms with Crippen LogP contribution in [0.5, 0.6) is 0 Å². The fraction of sp³-hybridized carbons (Fsp3) is 0.107. The highest BCUT2D eigenvalue weighted by molar-refractivity contribution is 7.89. The molecule has 0 spiro atoms. The van der Waals surface area contributed by atoms with Crippen LogP contribution in [0.1, 0.15) is 38.7 Å². The molecule has 0 atom stereocenters. The molecule has 4 aromatic rings. The number of alkyl halides is 3. The third kappa shape index (κ3) is 6.25. The molecule has 0 aliphatic carbocycles. The van der Waals surface area contributed by atoms with Gasteiger partial charge in [-0.2, -0.15) is 17.9 Å². The molecular formula is C28H23F3N2O3S. The molecule has 0 aliphatic rings. The van der Waals surface area contributed by atoms with Gasteiger partial charge < -0.3 is 5.32 Å². The molecule has 0 aliphatic heterocycles. The topological polar surface area (TPSA) is 75.3 Å². The smallest absolute Gasteiger partial charge is 0.322 e. The summed E-state index contributed by atoms with van der Waals surface area (Å²) in [5, 5.41) is 2.43. The van der Waals surface area contributed by atoms with Crippen molar-refractivity contribution < 1.29 is 26.4 Å². The molecule has 0 radical (unpaired) electrons. The van der Waals surface area contributed by atoms with E-state index in [2.05, 4.69) is 10.0 Å². The molecule has 0 fully saturated rings. The summed E-state index contributed by atoms with van der Waals surface area (Å²) in [6.07, 6.45) is -4.57. The summed E-state index contributed by atoms with van der Waals surface area (Å²) in [4.78, 5) is 12.8. The normalized spacial score (nSPS) is 11.9. The predicted octanol–water partition coefficient (Wildman–Crippen LogP) is 6.33. The summed E-state index contributed by atoms with van der Waals surface area (Å²) in [6, 6.07) is 25.7. The van der Waals surface area contributed by atoms with E-state index >= 15 is 0 Å². The van der Waals surface area contributed by atoms with Gasteiger partial charge >= 0.3 is 6.18 Å². The number of aryl methyl sites for hydroxylation is 1. The van der Waals surface area contributed by atoms with Gasteiger partial charge in [0.1, 0.15) is 0 Å². The lowest BCUT2D eigenvalue weighted by Crippen LogP contribution is -2.29. The average Bonchev–Trinajstić information content (AvgIpc) is 2.88. The number of carbonyl (C=O) groups excluding carboxylic acids is 1. The van der Waals surface area contributed by atoms with Crippen LogP contribution in [0.25, 0.3) is 0 Å². The van der Waals surface area contributed by atoms with Crippen molar-refractivity contribution in [3.05, 3.63) is 131 Å². The Bertz CT molecular complexity index is 1470. The number of hydrogen-bond acceptors (Lipinski definition) is 3. The molecule has 0 unspecified atom stereocenters. The zero-order chi connectivity index (χ0) is 26.6. The van der Waals surface area contributed by atoms with Crippen molar-refractivity contribution in [3.8, 4) is 0 Å². The molecule has 2 N–H and O–H groups in total. The van der Waals surface area contributed by atoms with Gasteiger partial charge in [0.05, 0.1) is 16.5 Å². The Labute approximate surface area is 213 Å². The highest BCUT2D eigenvalue weighted by Gasteiger charge is 2.30. The molecule has 5 nitrogen and oxygen atoms in total. The fourth-order valence-corrected chi connectivity index (χ4v) is 5.07. The second kappa shape index (κ2) is 10.6. The molecule has 0 saturated heterocycles. The second-order valence-corrected chi connectivity index (χ2v) is 10.1. The second-order valence-electron chi connectivity index (χ2n) is 8.39. The van der Waals surface area contributed by atoms with Crippen LogP contribution in [0.3, 0.4) is 0 Å². The zero-order valence-corrected chi connectivity index (χ0v) is 20.5. The van der Waals surface area contributed by atoms with Crippen LogP contribution in [0.2, 0.25) is 0 Å². The minimum atomic E-state index is -4.57.